The first kappa shape index (κ1) is 25.9. The van der Waals surface area contributed by atoms with E-state index in [1.165, 1.54) is 18.0 Å². The van der Waals surface area contributed by atoms with Gasteiger partial charge in [0, 0.05) is 23.7 Å². The zero-order valence-corrected chi connectivity index (χ0v) is 21.4. The molecule has 2 atom stereocenters. The van der Waals surface area contributed by atoms with Crippen LogP contribution in [0.5, 0.6) is 0 Å². The highest BCUT2D eigenvalue weighted by Crippen LogP contribution is 2.33. The highest BCUT2D eigenvalue weighted by atomic mass is 19.2. The van der Waals surface area contributed by atoms with Gasteiger partial charge >= 0.3 is 6.09 Å². The number of ether oxygens (including phenoxy) is 1. The van der Waals surface area contributed by atoms with E-state index in [1.54, 1.807) is 36.4 Å². The quantitative estimate of drug-likeness (QED) is 0.343. The molecule has 2 amide bonds. The molecule has 0 radical (unpaired) electrons. The molecule has 3 aromatic carbocycles. The number of likely N-dealkylation sites (N-methyl/N-ethyl adjacent to an activating group) is 1. The summed E-state index contributed by atoms with van der Waals surface area (Å²) in [5.74, 6) is -1.94. The molecule has 0 bridgehead atoms. The Morgan fingerprint density at radius 3 is 2.54 bits per heavy atom. The summed E-state index contributed by atoms with van der Waals surface area (Å²) in [6, 6.07) is 14.9. The number of halogens is 2. The van der Waals surface area contributed by atoms with E-state index in [0.29, 0.717) is 39.2 Å². The highest BCUT2D eigenvalue weighted by molar-refractivity contribution is 5.94. The molecule has 8 nitrogen and oxygen atoms in total. The average Bonchev–Trinajstić information content (AvgIpc) is 3.48. The third kappa shape index (κ3) is 4.91. The van der Waals surface area contributed by atoms with E-state index < -0.39 is 35.8 Å². The zero-order chi connectivity index (χ0) is 27.8. The van der Waals surface area contributed by atoms with E-state index in [9.17, 15) is 23.6 Å². The third-order valence-corrected chi connectivity index (χ3v) is 6.72. The summed E-state index contributed by atoms with van der Waals surface area (Å²) in [6.45, 7) is 3.98. The fourth-order valence-corrected chi connectivity index (χ4v) is 4.66. The van der Waals surface area contributed by atoms with Crippen molar-refractivity contribution >= 4 is 23.1 Å². The Morgan fingerprint density at radius 2 is 1.87 bits per heavy atom. The van der Waals surface area contributed by atoms with Gasteiger partial charge in [-0.3, -0.25) is 4.79 Å². The number of carbonyl (C=O) groups is 2. The standard InChI is InChI=1S/C29H24F2N4O4/c1-15(2)20-10-16(13-32)11-23-26(20)39-28(34-23)18-6-4-17(5-7-18)27(36)33-14-24-25(35(3)29(37)38-24)19-8-9-21(30)22(31)12-19/h4-12,15,24-25H,14H2,1-3H3,(H,33,36)/t24-,25?/m1/s1. The van der Waals surface area contributed by atoms with Crippen LogP contribution in [0.25, 0.3) is 22.6 Å². The fourth-order valence-electron chi connectivity index (χ4n) is 4.66. The minimum atomic E-state index is -1.03. The molecule has 1 N–H and O–H groups in total. The average molecular weight is 531 g/mol. The molecule has 1 unspecified atom stereocenters. The van der Waals surface area contributed by atoms with Crippen LogP contribution in [0.3, 0.4) is 0 Å². The number of nitrogens with one attached hydrogen (secondary N) is 1. The van der Waals surface area contributed by atoms with E-state index in [1.807, 2.05) is 13.8 Å². The second kappa shape index (κ2) is 10.2. The van der Waals surface area contributed by atoms with E-state index in [4.69, 9.17) is 9.15 Å². The first-order valence-electron chi connectivity index (χ1n) is 12.3. The van der Waals surface area contributed by atoms with E-state index in [0.717, 1.165) is 17.7 Å². The number of carbonyl (C=O) groups excluding carboxylic acids is 2. The predicted molar refractivity (Wildman–Crippen MR) is 138 cm³/mol. The maximum absolute atomic E-state index is 13.8. The molecule has 1 fully saturated rings. The number of cyclic esters (lactones) is 1. The normalized spacial score (nSPS) is 16.9. The molecule has 1 aromatic heterocycles. The molecule has 4 aromatic rings. The van der Waals surface area contributed by atoms with Gasteiger partial charge in [0.25, 0.3) is 5.91 Å². The van der Waals surface area contributed by atoms with E-state index in [-0.39, 0.29) is 12.5 Å². The van der Waals surface area contributed by atoms with Gasteiger partial charge in [0.05, 0.1) is 24.2 Å². The maximum atomic E-state index is 13.8. The smallest absolute Gasteiger partial charge is 0.410 e. The van der Waals surface area contributed by atoms with Gasteiger partial charge in [0.15, 0.2) is 17.2 Å². The Labute approximate surface area is 222 Å². The van der Waals surface area contributed by atoms with Crippen molar-refractivity contribution in [3.8, 4) is 17.5 Å². The minimum Gasteiger partial charge on any atom is -0.442 e. The first-order chi connectivity index (χ1) is 18.7. The molecule has 198 valence electrons. The first-order valence-corrected chi connectivity index (χ1v) is 12.3. The van der Waals surface area contributed by atoms with Crippen LogP contribution in [0.1, 0.15) is 52.9 Å². The Morgan fingerprint density at radius 1 is 1.13 bits per heavy atom. The molecule has 0 saturated carbocycles. The lowest BCUT2D eigenvalue weighted by molar-refractivity contribution is 0.0902. The molecule has 0 spiro atoms. The van der Waals surface area contributed by atoms with Gasteiger partial charge in [-0.1, -0.05) is 19.9 Å². The second-order valence-electron chi connectivity index (χ2n) is 9.64. The Hall–Kier alpha value is -4.78. The van der Waals surface area contributed by atoms with Crippen LogP contribution in [0.2, 0.25) is 0 Å². The number of hydrogen-bond donors (Lipinski definition) is 1. The summed E-state index contributed by atoms with van der Waals surface area (Å²) < 4.78 is 38.6. The number of nitrogens with zero attached hydrogens (tertiary/aromatic N) is 3. The summed E-state index contributed by atoms with van der Waals surface area (Å²) in [5, 5.41) is 12.1. The Balaban J connectivity index is 1.31. The highest BCUT2D eigenvalue weighted by Gasteiger charge is 2.40. The topological polar surface area (TPSA) is 108 Å². The Kier molecular flexibility index (Phi) is 6.74. The number of oxazole rings is 1. The molecular formula is C29H24F2N4O4. The summed E-state index contributed by atoms with van der Waals surface area (Å²) in [7, 11) is 1.49. The molecule has 1 aliphatic heterocycles. The lowest BCUT2D eigenvalue weighted by Crippen LogP contribution is -2.36. The van der Waals surface area contributed by atoms with Crippen molar-refractivity contribution in [1.29, 1.82) is 5.26 Å². The predicted octanol–water partition coefficient (Wildman–Crippen LogP) is 5.69. The van der Waals surface area contributed by atoms with Gasteiger partial charge in [-0.25, -0.2) is 18.6 Å². The number of nitriles is 1. The van der Waals surface area contributed by atoms with Crippen LogP contribution in [-0.4, -0.2) is 41.6 Å². The van der Waals surface area contributed by atoms with E-state index >= 15 is 0 Å². The molecule has 1 saturated heterocycles. The molecular weight excluding hydrogens is 506 g/mol. The number of fused-ring (bicyclic) bond motifs is 1. The molecule has 2 heterocycles. The second-order valence-corrected chi connectivity index (χ2v) is 9.64. The molecule has 39 heavy (non-hydrogen) atoms. The molecule has 1 aliphatic rings. The van der Waals surface area contributed by atoms with Gasteiger partial charge in [0.2, 0.25) is 5.89 Å². The number of rotatable bonds is 6. The van der Waals surface area contributed by atoms with Crippen LogP contribution in [0.4, 0.5) is 13.6 Å². The van der Waals surface area contributed by atoms with Crippen molar-refractivity contribution in [2.75, 3.05) is 13.6 Å². The largest absolute Gasteiger partial charge is 0.442 e. The van der Waals surface area contributed by atoms with E-state index in [2.05, 4.69) is 16.4 Å². The summed E-state index contributed by atoms with van der Waals surface area (Å²) in [5.41, 5.74) is 3.95. The lowest BCUT2D eigenvalue weighted by atomic mass is 10.00. The number of aromatic nitrogens is 1. The van der Waals surface area contributed by atoms with Gasteiger partial charge in [0.1, 0.15) is 11.6 Å². The van der Waals surface area contributed by atoms with Crippen LogP contribution >= 0.6 is 0 Å². The van der Waals surface area contributed by atoms with Crippen LogP contribution in [0.15, 0.2) is 59.0 Å². The van der Waals surface area contributed by atoms with Gasteiger partial charge in [-0.05, 0) is 60.0 Å². The van der Waals surface area contributed by atoms with Crippen molar-refractivity contribution in [2.24, 2.45) is 0 Å². The van der Waals surface area contributed by atoms with Gasteiger partial charge < -0.3 is 19.4 Å². The molecule has 0 aliphatic carbocycles. The fraction of sp³-hybridized carbons (Fsp3) is 0.241. The number of amides is 2. The van der Waals surface area contributed by atoms with Gasteiger partial charge in [-0.15, -0.1) is 0 Å². The summed E-state index contributed by atoms with van der Waals surface area (Å²) in [6.07, 6.45) is -1.43. The zero-order valence-electron chi connectivity index (χ0n) is 21.4. The third-order valence-electron chi connectivity index (χ3n) is 6.72. The van der Waals surface area contributed by atoms with Crippen molar-refractivity contribution in [3.05, 3.63) is 88.5 Å². The monoisotopic (exact) mass is 530 g/mol. The van der Waals surface area contributed by atoms with Crippen molar-refractivity contribution < 1.29 is 27.5 Å². The summed E-state index contributed by atoms with van der Waals surface area (Å²) >= 11 is 0. The number of benzene rings is 3. The van der Waals surface area contributed by atoms with Crippen molar-refractivity contribution in [3.63, 3.8) is 0 Å². The van der Waals surface area contributed by atoms with Gasteiger partial charge in [-0.2, -0.15) is 5.26 Å². The lowest BCUT2D eigenvalue weighted by Gasteiger charge is -2.22. The maximum Gasteiger partial charge on any atom is 0.410 e. The van der Waals surface area contributed by atoms with Crippen molar-refractivity contribution in [2.45, 2.75) is 31.9 Å². The minimum absolute atomic E-state index is 0.0370. The molecule has 5 rings (SSSR count). The van der Waals surface area contributed by atoms with Crippen LogP contribution in [0, 0.1) is 23.0 Å². The summed E-state index contributed by atoms with van der Waals surface area (Å²) in [4.78, 5) is 30.8. The van der Waals surface area contributed by atoms with Crippen LogP contribution in [-0.2, 0) is 4.74 Å². The van der Waals surface area contributed by atoms with Crippen molar-refractivity contribution in [1.82, 2.24) is 15.2 Å². The Bertz CT molecular complexity index is 1630. The number of hydrogen-bond acceptors (Lipinski definition) is 6. The SMILES string of the molecule is CC(C)c1cc(C#N)cc2nc(-c3ccc(C(=O)NC[C@H]4OC(=O)N(C)C4c4ccc(F)c(F)c4)cc3)oc12. The molecule has 10 heteroatoms. The van der Waals surface area contributed by atoms with Crippen LogP contribution < -0.4 is 5.32 Å².